The number of rotatable bonds is 5. The third-order valence-corrected chi connectivity index (χ3v) is 3.40. The van der Waals surface area contributed by atoms with Crippen LogP contribution in [0.25, 0.3) is 22.8 Å². The summed E-state index contributed by atoms with van der Waals surface area (Å²) in [4.78, 5) is 14.8. The number of benzene rings is 2. The van der Waals surface area contributed by atoms with Crippen molar-refractivity contribution in [2.45, 2.75) is 0 Å². The molecule has 0 spiro atoms. The molecule has 0 aliphatic carbocycles. The quantitative estimate of drug-likeness (QED) is 0.757. The molecule has 0 amide bonds. The minimum Gasteiger partial charge on any atom is -0.481 e. The summed E-state index contributed by atoms with van der Waals surface area (Å²) >= 11 is 5.98. The van der Waals surface area contributed by atoms with E-state index in [-0.39, 0.29) is 28.1 Å². The highest BCUT2D eigenvalue weighted by molar-refractivity contribution is 6.33. The maximum Gasteiger partial charge on any atom is 0.341 e. The van der Waals surface area contributed by atoms with Crippen molar-refractivity contribution in [1.29, 1.82) is 0 Å². The fourth-order valence-electron chi connectivity index (χ4n) is 2.05. The van der Waals surface area contributed by atoms with Crippen molar-refractivity contribution in [3.63, 3.8) is 0 Å². The van der Waals surface area contributed by atoms with Gasteiger partial charge in [-0.15, -0.1) is 0 Å². The molecule has 0 saturated carbocycles. The van der Waals surface area contributed by atoms with Gasteiger partial charge in [-0.05, 0) is 24.3 Å². The zero-order chi connectivity index (χ0) is 17.1. The highest BCUT2D eigenvalue weighted by Gasteiger charge is 2.19. The Balaban J connectivity index is 1.98. The summed E-state index contributed by atoms with van der Waals surface area (Å²) < 4.78 is 24.3. The number of aromatic nitrogens is 2. The first-order chi connectivity index (χ1) is 11.6. The smallest absolute Gasteiger partial charge is 0.341 e. The number of halogens is 2. The first kappa shape index (κ1) is 15.9. The molecular weight excluding hydrogens is 339 g/mol. The summed E-state index contributed by atoms with van der Waals surface area (Å²) in [6.07, 6.45) is 0. The van der Waals surface area contributed by atoms with Crippen LogP contribution in [-0.2, 0) is 4.79 Å². The minimum atomic E-state index is -1.12. The lowest BCUT2D eigenvalue weighted by Crippen LogP contribution is -2.09. The average Bonchev–Trinajstić information content (AvgIpc) is 3.02. The zero-order valence-electron chi connectivity index (χ0n) is 12.1. The Bertz CT molecular complexity index is 877. The van der Waals surface area contributed by atoms with Crippen molar-refractivity contribution in [1.82, 2.24) is 10.1 Å². The maximum absolute atomic E-state index is 13.9. The largest absolute Gasteiger partial charge is 0.481 e. The molecule has 0 aliphatic heterocycles. The van der Waals surface area contributed by atoms with Gasteiger partial charge in [-0.2, -0.15) is 4.98 Å². The van der Waals surface area contributed by atoms with Crippen LogP contribution in [0.1, 0.15) is 0 Å². The maximum atomic E-state index is 13.9. The van der Waals surface area contributed by atoms with Crippen LogP contribution in [-0.4, -0.2) is 27.8 Å². The number of aliphatic carboxylic acids is 1. The molecule has 0 fully saturated rings. The lowest BCUT2D eigenvalue weighted by molar-refractivity contribution is -0.139. The Morgan fingerprint density at radius 1 is 1.25 bits per heavy atom. The molecule has 0 aliphatic rings. The van der Waals surface area contributed by atoms with E-state index in [1.54, 1.807) is 24.3 Å². The van der Waals surface area contributed by atoms with Gasteiger partial charge >= 0.3 is 5.97 Å². The molecule has 1 N–H and O–H groups in total. The van der Waals surface area contributed by atoms with Crippen LogP contribution in [0.2, 0.25) is 5.02 Å². The van der Waals surface area contributed by atoms with Gasteiger partial charge in [-0.25, -0.2) is 9.18 Å². The second-order valence-corrected chi connectivity index (χ2v) is 5.11. The van der Waals surface area contributed by atoms with Crippen molar-refractivity contribution in [3.05, 3.63) is 53.3 Å². The van der Waals surface area contributed by atoms with E-state index in [0.717, 1.165) is 0 Å². The van der Waals surface area contributed by atoms with Crippen LogP contribution >= 0.6 is 11.6 Å². The molecule has 6 nitrogen and oxygen atoms in total. The molecular formula is C16H10ClFN2O4. The van der Waals surface area contributed by atoms with Gasteiger partial charge in [-0.1, -0.05) is 35.0 Å². The van der Waals surface area contributed by atoms with Crippen molar-refractivity contribution >= 4 is 17.6 Å². The van der Waals surface area contributed by atoms with Crippen molar-refractivity contribution in [2.24, 2.45) is 0 Å². The van der Waals surface area contributed by atoms with Crippen LogP contribution in [0.5, 0.6) is 5.75 Å². The number of carboxylic acids is 1. The molecule has 8 heteroatoms. The van der Waals surface area contributed by atoms with Crippen molar-refractivity contribution in [2.75, 3.05) is 6.61 Å². The highest BCUT2D eigenvalue weighted by atomic mass is 35.5. The lowest BCUT2D eigenvalue weighted by atomic mass is 10.2. The third kappa shape index (κ3) is 3.21. The van der Waals surface area contributed by atoms with Crippen LogP contribution in [0.15, 0.2) is 47.0 Å². The Labute approximate surface area is 140 Å². The first-order valence-corrected chi connectivity index (χ1v) is 7.16. The number of ether oxygens (including phenoxy) is 1. The standard InChI is InChI=1S/C16H10ClFN2O4/c17-10-5-3-6-11(18)14(10)15-19-16(24-20-15)9-4-1-2-7-12(9)23-8-13(21)22/h1-7H,8H2,(H,21,22). The summed E-state index contributed by atoms with van der Waals surface area (Å²) in [5.41, 5.74) is 0.420. The van der Waals surface area contributed by atoms with Gasteiger partial charge in [0.05, 0.1) is 16.1 Å². The summed E-state index contributed by atoms with van der Waals surface area (Å²) in [7, 11) is 0. The number of hydrogen-bond acceptors (Lipinski definition) is 5. The summed E-state index contributed by atoms with van der Waals surface area (Å²) in [5.74, 6) is -1.39. The average molecular weight is 349 g/mol. The molecule has 1 heterocycles. The molecule has 24 heavy (non-hydrogen) atoms. The normalized spacial score (nSPS) is 10.6. The SMILES string of the molecule is O=C(O)COc1ccccc1-c1nc(-c2c(F)cccc2Cl)no1. The topological polar surface area (TPSA) is 85.5 Å². The number of carbonyl (C=O) groups is 1. The second kappa shape index (κ2) is 6.67. The Kier molecular flexibility index (Phi) is 4.43. The third-order valence-electron chi connectivity index (χ3n) is 3.08. The summed E-state index contributed by atoms with van der Waals surface area (Å²) in [6, 6.07) is 10.8. The van der Waals surface area contributed by atoms with Crippen molar-refractivity contribution < 1.29 is 23.6 Å². The highest BCUT2D eigenvalue weighted by Crippen LogP contribution is 2.33. The van der Waals surface area contributed by atoms with Gasteiger partial charge in [0.1, 0.15) is 11.6 Å². The van der Waals surface area contributed by atoms with Crippen LogP contribution in [0.4, 0.5) is 4.39 Å². The number of para-hydroxylation sites is 1. The molecule has 0 unspecified atom stereocenters. The molecule has 0 bridgehead atoms. The fourth-order valence-corrected chi connectivity index (χ4v) is 2.30. The van der Waals surface area contributed by atoms with Crippen LogP contribution < -0.4 is 4.74 Å². The molecule has 0 saturated heterocycles. The second-order valence-electron chi connectivity index (χ2n) is 4.70. The Hall–Kier alpha value is -2.93. The molecule has 1 aromatic heterocycles. The first-order valence-electron chi connectivity index (χ1n) is 6.78. The van der Waals surface area contributed by atoms with Gasteiger partial charge in [0.2, 0.25) is 5.82 Å². The van der Waals surface area contributed by atoms with Gasteiger partial charge < -0.3 is 14.4 Å². The molecule has 122 valence electrons. The van der Waals surface area contributed by atoms with E-state index in [0.29, 0.717) is 5.56 Å². The molecule has 3 aromatic rings. The number of hydrogen-bond donors (Lipinski definition) is 1. The molecule has 3 rings (SSSR count). The Morgan fingerprint density at radius 2 is 2.04 bits per heavy atom. The molecule has 0 atom stereocenters. The van der Waals surface area contributed by atoms with Crippen LogP contribution in [0, 0.1) is 5.82 Å². The lowest BCUT2D eigenvalue weighted by Gasteiger charge is -2.06. The van der Waals surface area contributed by atoms with E-state index in [9.17, 15) is 9.18 Å². The van der Waals surface area contributed by atoms with Gasteiger partial charge in [0.25, 0.3) is 5.89 Å². The molecule has 0 radical (unpaired) electrons. The fraction of sp³-hybridized carbons (Fsp3) is 0.0625. The monoisotopic (exact) mass is 348 g/mol. The predicted molar refractivity (Wildman–Crippen MR) is 83.3 cm³/mol. The van der Waals surface area contributed by atoms with E-state index >= 15 is 0 Å². The predicted octanol–water partition coefficient (Wildman–Crippen LogP) is 3.66. The van der Waals surface area contributed by atoms with Crippen LogP contribution in [0.3, 0.4) is 0 Å². The van der Waals surface area contributed by atoms with E-state index in [2.05, 4.69) is 10.1 Å². The van der Waals surface area contributed by atoms with Gasteiger partial charge in [-0.3, -0.25) is 0 Å². The zero-order valence-corrected chi connectivity index (χ0v) is 12.8. The minimum absolute atomic E-state index is 0.0128. The van der Waals surface area contributed by atoms with E-state index in [4.69, 9.17) is 26.0 Å². The molecule has 2 aromatic carbocycles. The van der Waals surface area contributed by atoms with E-state index in [1.165, 1.54) is 18.2 Å². The van der Waals surface area contributed by atoms with Crippen molar-refractivity contribution in [3.8, 4) is 28.6 Å². The summed E-state index contributed by atoms with van der Waals surface area (Å²) in [6.45, 7) is -0.517. The number of nitrogens with zero attached hydrogens (tertiary/aromatic N) is 2. The Morgan fingerprint density at radius 3 is 2.79 bits per heavy atom. The summed E-state index contributed by atoms with van der Waals surface area (Å²) in [5, 5.41) is 12.6. The van der Waals surface area contributed by atoms with Gasteiger partial charge in [0, 0.05) is 0 Å². The van der Waals surface area contributed by atoms with Gasteiger partial charge in [0.15, 0.2) is 6.61 Å². The van der Waals surface area contributed by atoms with E-state index < -0.39 is 18.4 Å². The van der Waals surface area contributed by atoms with E-state index in [1.807, 2.05) is 0 Å². The number of carboxylic acid groups (broad SMARTS) is 1.